The van der Waals surface area contributed by atoms with Crippen LogP contribution in [0, 0.1) is 10.8 Å². The Balaban J connectivity index is 3.52. The number of rotatable bonds is 5. The zero-order valence-electron chi connectivity index (χ0n) is 11.9. The molecular weight excluding hydrogens is 200 g/mol. The maximum atomic E-state index is 11.4. The Bertz CT molecular complexity index is 206. The van der Waals surface area contributed by atoms with E-state index >= 15 is 0 Å². The third kappa shape index (κ3) is 11.5. The monoisotopic (exact) mass is 228 g/mol. The van der Waals surface area contributed by atoms with E-state index in [1.807, 2.05) is 0 Å². The summed E-state index contributed by atoms with van der Waals surface area (Å²) in [6.45, 7) is 13.4. The first-order chi connectivity index (χ1) is 7.10. The van der Waals surface area contributed by atoms with E-state index in [2.05, 4.69) is 41.5 Å². The third-order valence-corrected chi connectivity index (χ3v) is 2.22. The van der Waals surface area contributed by atoms with Gasteiger partial charge in [-0.15, -0.1) is 0 Å². The second-order valence-electron chi connectivity index (χ2n) is 6.99. The summed E-state index contributed by atoms with van der Waals surface area (Å²) in [5, 5.41) is 0. The minimum atomic E-state index is -0.0520. The van der Waals surface area contributed by atoms with Crippen molar-refractivity contribution in [3.05, 3.63) is 0 Å². The smallest absolute Gasteiger partial charge is 0.305 e. The molecule has 0 aromatic heterocycles. The number of carbonyl (C=O) groups excluding carboxylic acids is 1. The van der Waals surface area contributed by atoms with Crippen molar-refractivity contribution in [3.63, 3.8) is 0 Å². The lowest BCUT2D eigenvalue weighted by molar-refractivity contribution is -0.146. The zero-order chi connectivity index (χ0) is 12.8. The lowest BCUT2D eigenvalue weighted by Gasteiger charge is -2.19. The number of carbonyl (C=O) groups is 1. The molecule has 0 bridgehead atoms. The first-order valence-corrected chi connectivity index (χ1v) is 6.26. The molecule has 0 atom stereocenters. The topological polar surface area (TPSA) is 26.3 Å². The minimum absolute atomic E-state index is 0.0520. The van der Waals surface area contributed by atoms with Crippen LogP contribution in [0.25, 0.3) is 0 Å². The Morgan fingerprint density at radius 1 is 0.938 bits per heavy atom. The van der Waals surface area contributed by atoms with Gasteiger partial charge in [-0.25, -0.2) is 0 Å². The zero-order valence-corrected chi connectivity index (χ0v) is 11.9. The van der Waals surface area contributed by atoms with E-state index in [-0.39, 0.29) is 11.4 Å². The Kier molecular flexibility index (Phi) is 6.06. The summed E-state index contributed by atoms with van der Waals surface area (Å²) in [5.41, 5.74) is 0.441. The summed E-state index contributed by atoms with van der Waals surface area (Å²) in [5.74, 6) is -0.0520. The normalized spacial score (nSPS) is 12.6. The van der Waals surface area contributed by atoms with Crippen molar-refractivity contribution in [2.45, 2.75) is 67.2 Å². The summed E-state index contributed by atoms with van der Waals surface area (Å²) in [6.07, 6.45) is 3.78. The van der Waals surface area contributed by atoms with E-state index in [1.165, 1.54) is 6.42 Å². The molecule has 2 heteroatoms. The van der Waals surface area contributed by atoms with Crippen LogP contribution in [0.4, 0.5) is 0 Å². The van der Waals surface area contributed by atoms with E-state index in [4.69, 9.17) is 4.74 Å². The SMILES string of the molecule is CC(C)(C)CCCCC(=O)OCC(C)(C)C. The van der Waals surface area contributed by atoms with Crippen molar-refractivity contribution in [1.82, 2.24) is 0 Å². The number of hydrogen-bond acceptors (Lipinski definition) is 2. The molecule has 0 aromatic rings. The second-order valence-corrected chi connectivity index (χ2v) is 6.99. The molecule has 0 fully saturated rings. The molecule has 0 aliphatic carbocycles. The number of ether oxygens (including phenoxy) is 1. The van der Waals surface area contributed by atoms with Gasteiger partial charge in [-0.1, -0.05) is 48.0 Å². The van der Waals surface area contributed by atoms with E-state index in [9.17, 15) is 4.79 Å². The number of esters is 1. The molecule has 16 heavy (non-hydrogen) atoms. The van der Waals surface area contributed by atoms with Crippen LogP contribution in [0.3, 0.4) is 0 Å². The molecular formula is C14H28O2. The molecule has 0 aliphatic rings. The standard InChI is InChI=1S/C14H28O2/c1-13(2,3)10-8-7-9-12(15)16-11-14(4,5)6/h7-11H2,1-6H3. The van der Waals surface area contributed by atoms with Gasteiger partial charge in [0.25, 0.3) is 0 Å². The van der Waals surface area contributed by atoms with Gasteiger partial charge in [0.05, 0.1) is 6.61 Å². The van der Waals surface area contributed by atoms with Gasteiger partial charge in [0.1, 0.15) is 0 Å². The van der Waals surface area contributed by atoms with Crippen molar-refractivity contribution in [2.24, 2.45) is 10.8 Å². The van der Waals surface area contributed by atoms with Crippen molar-refractivity contribution in [1.29, 1.82) is 0 Å². The molecule has 0 rings (SSSR count). The van der Waals surface area contributed by atoms with Gasteiger partial charge in [-0.3, -0.25) is 4.79 Å². The van der Waals surface area contributed by atoms with Crippen LogP contribution in [0.5, 0.6) is 0 Å². The van der Waals surface area contributed by atoms with E-state index in [0.717, 1.165) is 12.8 Å². The molecule has 0 saturated heterocycles. The predicted octanol–water partition coefficient (Wildman–Crippen LogP) is 4.18. The highest BCUT2D eigenvalue weighted by atomic mass is 16.5. The first-order valence-electron chi connectivity index (χ1n) is 6.26. The van der Waals surface area contributed by atoms with Gasteiger partial charge < -0.3 is 4.74 Å². The summed E-state index contributed by atoms with van der Waals surface area (Å²) in [4.78, 5) is 11.4. The maximum absolute atomic E-state index is 11.4. The van der Waals surface area contributed by atoms with Gasteiger partial charge in [0.2, 0.25) is 0 Å². The van der Waals surface area contributed by atoms with Gasteiger partial charge in [-0.2, -0.15) is 0 Å². The van der Waals surface area contributed by atoms with Crippen LogP contribution in [0.1, 0.15) is 67.2 Å². The van der Waals surface area contributed by atoms with Crippen LogP contribution < -0.4 is 0 Å². The Morgan fingerprint density at radius 3 is 1.94 bits per heavy atom. The average molecular weight is 228 g/mol. The van der Waals surface area contributed by atoms with E-state index in [1.54, 1.807) is 0 Å². The van der Waals surface area contributed by atoms with E-state index in [0.29, 0.717) is 18.4 Å². The highest BCUT2D eigenvalue weighted by molar-refractivity contribution is 5.69. The Morgan fingerprint density at radius 2 is 1.50 bits per heavy atom. The fraction of sp³-hybridized carbons (Fsp3) is 0.929. The Labute approximate surface area is 101 Å². The maximum Gasteiger partial charge on any atom is 0.305 e. The summed E-state index contributed by atoms with van der Waals surface area (Å²) in [7, 11) is 0. The number of hydrogen-bond donors (Lipinski definition) is 0. The van der Waals surface area contributed by atoms with Gasteiger partial charge in [0, 0.05) is 6.42 Å². The molecule has 0 aliphatic heterocycles. The summed E-state index contributed by atoms with van der Waals surface area (Å²) >= 11 is 0. The summed E-state index contributed by atoms with van der Waals surface area (Å²) in [6, 6.07) is 0. The third-order valence-electron chi connectivity index (χ3n) is 2.22. The molecule has 0 spiro atoms. The average Bonchev–Trinajstić information content (AvgIpc) is 2.06. The van der Waals surface area contributed by atoms with Crippen molar-refractivity contribution >= 4 is 5.97 Å². The van der Waals surface area contributed by atoms with Crippen LogP contribution in [0.15, 0.2) is 0 Å². The molecule has 0 heterocycles. The lowest BCUT2D eigenvalue weighted by Crippen LogP contribution is -2.18. The largest absolute Gasteiger partial charge is 0.465 e. The minimum Gasteiger partial charge on any atom is -0.465 e. The fourth-order valence-electron chi connectivity index (χ4n) is 1.29. The van der Waals surface area contributed by atoms with Gasteiger partial charge in [0.15, 0.2) is 0 Å². The second kappa shape index (κ2) is 6.27. The molecule has 0 radical (unpaired) electrons. The molecule has 2 nitrogen and oxygen atoms in total. The predicted molar refractivity (Wildman–Crippen MR) is 68.3 cm³/mol. The lowest BCUT2D eigenvalue weighted by atomic mass is 9.89. The summed E-state index contributed by atoms with van der Waals surface area (Å²) < 4.78 is 5.20. The van der Waals surface area contributed by atoms with Crippen LogP contribution in [-0.4, -0.2) is 12.6 Å². The molecule has 0 amide bonds. The van der Waals surface area contributed by atoms with Gasteiger partial charge >= 0.3 is 5.97 Å². The molecule has 0 N–H and O–H groups in total. The molecule has 96 valence electrons. The molecule has 0 aromatic carbocycles. The highest BCUT2D eigenvalue weighted by Crippen LogP contribution is 2.22. The fourth-order valence-corrected chi connectivity index (χ4v) is 1.29. The molecule has 0 unspecified atom stereocenters. The van der Waals surface area contributed by atoms with Crippen LogP contribution >= 0.6 is 0 Å². The van der Waals surface area contributed by atoms with Crippen molar-refractivity contribution in [2.75, 3.05) is 6.61 Å². The van der Waals surface area contributed by atoms with Crippen LogP contribution in [0.2, 0.25) is 0 Å². The quantitative estimate of drug-likeness (QED) is 0.521. The van der Waals surface area contributed by atoms with Crippen molar-refractivity contribution in [3.8, 4) is 0 Å². The first kappa shape index (κ1) is 15.5. The van der Waals surface area contributed by atoms with Gasteiger partial charge in [-0.05, 0) is 23.7 Å². The number of unbranched alkanes of at least 4 members (excludes halogenated alkanes) is 1. The molecule has 0 saturated carbocycles. The van der Waals surface area contributed by atoms with E-state index < -0.39 is 0 Å². The Hall–Kier alpha value is -0.530. The van der Waals surface area contributed by atoms with Crippen LogP contribution in [-0.2, 0) is 9.53 Å². The van der Waals surface area contributed by atoms with Crippen molar-refractivity contribution < 1.29 is 9.53 Å². The highest BCUT2D eigenvalue weighted by Gasteiger charge is 2.14.